The molecule has 0 saturated heterocycles. The Morgan fingerprint density at radius 1 is 1.80 bits per heavy atom. The summed E-state index contributed by atoms with van der Waals surface area (Å²) >= 11 is 4.73. The third-order valence-electron chi connectivity index (χ3n) is 1.05. The Balaban J connectivity index is 2.74. The highest BCUT2D eigenvalue weighted by Crippen LogP contribution is 2.25. The fourth-order valence-electron chi connectivity index (χ4n) is 0.574. The predicted octanol–water partition coefficient (Wildman–Crippen LogP) is 2.15. The first-order chi connectivity index (χ1) is 4.74. The molecular weight excluding hydrogens is 216 g/mol. The lowest BCUT2D eigenvalue weighted by Gasteiger charge is -2.02. The molecule has 1 aromatic rings. The number of aliphatic hydroxyl groups excluding tert-OH is 1. The van der Waals surface area contributed by atoms with Gasteiger partial charge < -0.3 is 9.84 Å². The first-order valence-corrected chi connectivity index (χ1v) is 4.36. The van der Waals surface area contributed by atoms with Crippen molar-refractivity contribution in [1.82, 2.24) is 0 Å². The Labute approximate surface area is 71.6 Å². The maximum absolute atomic E-state index is 9.11. The van der Waals surface area contributed by atoms with Gasteiger partial charge in [0.05, 0.1) is 4.88 Å². The SMILES string of the molecule is COC(O)c1cc(Br)cs1. The molecule has 0 radical (unpaired) electrons. The standard InChI is InChI=1S/C6H7BrO2S/c1-9-6(8)5-2-4(7)3-10-5/h2-3,6,8H,1H3. The molecule has 0 aliphatic carbocycles. The molecule has 0 aliphatic rings. The molecule has 1 N–H and O–H groups in total. The quantitative estimate of drug-likeness (QED) is 0.778. The number of hydrogen-bond donors (Lipinski definition) is 1. The van der Waals surface area contributed by atoms with Crippen molar-refractivity contribution in [3.8, 4) is 0 Å². The molecule has 1 heterocycles. The van der Waals surface area contributed by atoms with E-state index in [9.17, 15) is 0 Å². The van der Waals surface area contributed by atoms with Crippen molar-refractivity contribution < 1.29 is 9.84 Å². The van der Waals surface area contributed by atoms with Crippen molar-refractivity contribution in [2.45, 2.75) is 6.29 Å². The van der Waals surface area contributed by atoms with E-state index in [1.165, 1.54) is 18.4 Å². The fraction of sp³-hybridized carbons (Fsp3) is 0.333. The fourth-order valence-corrected chi connectivity index (χ4v) is 1.98. The van der Waals surface area contributed by atoms with Crippen molar-refractivity contribution in [1.29, 1.82) is 0 Å². The van der Waals surface area contributed by atoms with Crippen LogP contribution in [0.25, 0.3) is 0 Å². The third-order valence-corrected chi connectivity index (χ3v) is 2.78. The second-order valence-corrected chi connectivity index (χ2v) is 3.61. The molecule has 56 valence electrons. The van der Waals surface area contributed by atoms with Crippen LogP contribution in [-0.2, 0) is 4.74 Å². The average molecular weight is 223 g/mol. The lowest BCUT2D eigenvalue weighted by Crippen LogP contribution is -1.95. The van der Waals surface area contributed by atoms with Gasteiger partial charge in [-0.3, -0.25) is 0 Å². The topological polar surface area (TPSA) is 29.5 Å². The number of ether oxygens (including phenoxy) is 1. The monoisotopic (exact) mass is 222 g/mol. The number of thiophene rings is 1. The van der Waals surface area contributed by atoms with Gasteiger partial charge in [0.2, 0.25) is 0 Å². The molecule has 10 heavy (non-hydrogen) atoms. The molecule has 1 unspecified atom stereocenters. The zero-order valence-electron chi connectivity index (χ0n) is 5.37. The van der Waals surface area contributed by atoms with Gasteiger partial charge in [-0.05, 0) is 22.0 Å². The van der Waals surface area contributed by atoms with E-state index in [-0.39, 0.29) is 0 Å². The van der Waals surface area contributed by atoms with E-state index in [1.54, 1.807) is 0 Å². The molecule has 2 nitrogen and oxygen atoms in total. The Morgan fingerprint density at radius 3 is 2.90 bits per heavy atom. The van der Waals surface area contributed by atoms with Gasteiger partial charge in [0.1, 0.15) is 0 Å². The highest BCUT2D eigenvalue weighted by atomic mass is 79.9. The van der Waals surface area contributed by atoms with Crippen LogP contribution < -0.4 is 0 Å². The van der Waals surface area contributed by atoms with E-state index in [0.29, 0.717) is 0 Å². The summed E-state index contributed by atoms with van der Waals surface area (Å²) in [7, 11) is 1.47. The Bertz CT molecular complexity index is 211. The van der Waals surface area contributed by atoms with Crippen LogP contribution in [0.15, 0.2) is 15.9 Å². The lowest BCUT2D eigenvalue weighted by atomic mass is 10.5. The average Bonchev–Trinajstić information content (AvgIpc) is 2.34. The van der Waals surface area contributed by atoms with E-state index < -0.39 is 6.29 Å². The van der Waals surface area contributed by atoms with Crippen molar-refractivity contribution in [3.63, 3.8) is 0 Å². The summed E-state index contributed by atoms with van der Waals surface area (Å²) in [5, 5.41) is 11.0. The minimum atomic E-state index is -0.781. The lowest BCUT2D eigenvalue weighted by molar-refractivity contribution is -0.0743. The highest BCUT2D eigenvalue weighted by molar-refractivity contribution is 9.10. The van der Waals surface area contributed by atoms with Gasteiger partial charge in [0, 0.05) is 17.0 Å². The number of methoxy groups -OCH3 is 1. The molecule has 1 atom stereocenters. The van der Waals surface area contributed by atoms with Crippen LogP contribution in [0.1, 0.15) is 11.2 Å². The minimum Gasteiger partial charge on any atom is -0.364 e. The molecule has 0 bridgehead atoms. The summed E-state index contributed by atoms with van der Waals surface area (Å²) < 4.78 is 5.67. The zero-order valence-corrected chi connectivity index (χ0v) is 7.78. The molecule has 1 rings (SSSR count). The molecule has 0 fully saturated rings. The second kappa shape index (κ2) is 3.48. The summed E-state index contributed by atoms with van der Waals surface area (Å²) in [6.07, 6.45) is -0.781. The molecule has 0 aliphatic heterocycles. The van der Waals surface area contributed by atoms with Crippen molar-refractivity contribution in [2.24, 2.45) is 0 Å². The molecule has 0 aromatic carbocycles. The number of aliphatic hydroxyl groups is 1. The van der Waals surface area contributed by atoms with Gasteiger partial charge >= 0.3 is 0 Å². The third kappa shape index (κ3) is 1.79. The smallest absolute Gasteiger partial charge is 0.190 e. The van der Waals surface area contributed by atoms with Crippen LogP contribution in [0.5, 0.6) is 0 Å². The van der Waals surface area contributed by atoms with Crippen LogP contribution in [-0.4, -0.2) is 12.2 Å². The normalized spacial score (nSPS) is 13.5. The van der Waals surface area contributed by atoms with Crippen molar-refractivity contribution in [3.05, 3.63) is 20.8 Å². The molecular formula is C6H7BrO2S. The predicted molar refractivity (Wildman–Crippen MR) is 44.0 cm³/mol. The maximum atomic E-state index is 9.11. The Hall–Kier alpha value is 0.1000. The molecule has 1 aromatic heterocycles. The number of halogens is 1. The van der Waals surface area contributed by atoms with E-state index in [2.05, 4.69) is 15.9 Å². The van der Waals surface area contributed by atoms with Crippen LogP contribution in [0.3, 0.4) is 0 Å². The molecule has 4 heteroatoms. The first kappa shape index (κ1) is 8.20. The molecule has 0 spiro atoms. The Morgan fingerprint density at radius 2 is 2.50 bits per heavy atom. The van der Waals surface area contributed by atoms with Crippen LogP contribution in [0.4, 0.5) is 0 Å². The second-order valence-electron chi connectivity index (χ2n) is 1.76. The van der Waals surface area contributed by atoms with Gasteiger partial charge in [-0.1, -0.05) is 0 Å². The van der Waals surface area contributed by atoms with Gasteiger partial charge in [-0.25, -0.2) is 0 Å². The van der Waals surface area contributed by atoms with E-state index in [1.807, 2.05) is 11.4 Å². The summed E-state index contributed by atoms with van der Waals surface area (Å²) in [5.74, 6) is 0. The largest absolute Gasteiger partial charge is 0.364 e. The van der Waals surface area contributed by atoms with Gasteiger partial charge in [-0.2, -0.15) is 0 Å². The van der Waals surface area contributed by atoms with Crippen molar-refractivity contribution in [2.75, 3.05) is 7.11 Å². The number of hydrogen-bond acceptors (Lipinski definition) is 3. The first-order valence-electron chi connectivity index (χ1n) is 2.69. The maximum Gasteiger partial charge on any atom is 0.190 e. The summed E-state index contributed by atoms with van der Waals surface area (Å²) in [5.41, 5.74) is 0. The van der Waals surface area contributed by atoms with Crippen molar-refractivity contribution >= 4 is 27.3 Å². The van der Waals surface area contributed by atoms with E-state index in [4.69, 9.17) is 9.84 Å². The Kier molecular flexibility index (Phi) is 2.85. The number of rotatable bonds is 2. The van der Waals surface area contributed by atoms with Crippen LogP contribution in [0.2, 0.25) is 0 Å². The van der Waals surface area contributed by atoms with Crippen LogP contribution >= 0.6 is 27.3 Å². The summed E-state index contributed by atoms with van der Waals surface area (Å²) in [6.45, 7) is 0. The zero-order chi connectivity index (χ0) is 7.56. The van der Waals surface area contributed by atoms with Crippen LogP contribution in [0, 0.1) is 0 Å². The van der Waals surface area contributed by atoms with Gasteiger partial charge in [0.15, 0.2) is 6.29 Å². The minimum absolute atomic E-state index is 0.781. The van der Waals surface area contributed by atoms with Gasteiger partial charge in [0.25, 0.3) is 0 Å². The van der Waals surface area contributed by atoms with Gasteiger partial charge in [-0.15, -0.1) is 11.3 Å². The summed E-state index contributed by atoms with van der Waals surface area (Å²) in [4.78, 5) is 0.814. The van der Waals surface area contributed by atoms with E-state index in [0.717, 1.165) is 9.35 Å². The highest BCUT2D eigenvalue weighted by Gasteiger charge is 2.06. The molecule has 0 saturated carbocycles. The summed E-state index contributed by atoms with van der Waals surface area (Å²) in [6, 6.07) is 1.83. The molecule has 0 amide bonds. The van der Waals surface area contributed by atoms with E-state index >= 15 is 0 Å².